The SMILES string of the molecule is CCCCCOc1ccc(/C(=C/C(=O)c2ccc(I)cc2)OB(F)F)cc1. The predicted octanol–water partition coefficient (Wildman–Crippen LogP) is 6.02. The van der Waals surface area contributed by atoms with Crippen LogP contribution in [0.3, 0.4) is 0 Å². The molecule has 2 aromatic carbocycles. The normalized spacial score (nSPS) is 11.2. The molecule has 2 rings (SSSR count). The molecule has 0 radical (unpaired) electrons. The topological polar surface area (TPSA) is 35.5 Å². The van der Waals surface area contributed by atoms with Crippen molar-refractivity contribution in [1.29, 1.82) is 0 Å². The number of rotatable bonds is 10. The smallest absolute Gasteiger partial charge is 0.505 e. The van der Waals surface area contributed by atoms with Crippen molar-refractivity contribution in [3.63, 3.8) is 0 Å². The minimum Gasteiger partial charge on any atom is -0.505 e. The molecule has 0 atom stereocenters. The Morgan fingerprint density at radius 3 is 2.26 bits per heavy atom. The first-order valence-corrected chi connectivity index (χ1v) is 9.77. The molecule has 0 unspecified atom stereocenters. The Morgan fingerprint density at radius 1 is 1.04 bits per heavy atom. The third-order valence-corrected chi connectivity index (χ3v) is 4.48. The van der Waals surface area contributed by atoms with Gasteiger partial charge in [0.25, 0.3) is 0 Å². The van der Waals surface area contributed by atoms with Gasteiger partial charge in [-0.2, -0.15) is 0 Å². The van der Waals surface area contributed by atoms with Gasteiger partial charge in [-0.15, -0.1) is 0 Å². The summed E-state index contributed by atoms with van der Waals surface area (Å²) in [6, 6.07) is 13.4. The molecular formula is C20H20BF2IO3. The van der Waals surface area contributed by atoms with Crippen molar-refractivity contribution in [1.82, 2.24) is 0 Å². The number of hydrogen-bond acceptors (Lipinski definition) is 3. The van der Waals surface area contributed by atoms with Crippen molar-refractivity contribution in [2.24, 2.45) is 0 Å². The fraction of sp³-hybridized carbons (Fsp3) is 0.250. The van der Waals surface area contributed by atoms with Gasteiger partial charge in [-0.25, -0.2) is 8.63 Å². The molecule has 0 bridgehead atoms. The second kappa shape index (κ2) is 11.1. The van der Waals surface area contributed by atoms with Crippen LogP contribution in [0.5, 0.6) is 5.75 Å². The van der Waals surface area contributed by atoms with Crippen LogP contribution in [0.4, 0.5) is 8.63 Å². The van der Waals surface area contributed by atoms with Crippen molar-refractivity contribution in [2.45, 2.75) is 26.2 Å². The lowest BCUT2D eigenvalue weighted by atomic mass is 10.1. The number of unbranched alkanes of at least 4 members (excludes halogenated alkanes) is 2. The Balaban J connectivity index is 2.15. The molecule has 0 aliphatic rings. The highest BCUT2D eigenvalue weighted by Crippen LogP contribution is 2.22. The van der Waals surface area contributed by atoms with Crippen LogP contribution < -0.4 is 4.74 Å². The lowest BCUT2D eigenvalue weighted by Crippen LogP contribution is -2.07. The molecule has 0 aliphatic heterocycles. The van der Waals surface area contributed by atoms with E-state index in [9.17, 15) is 13.4 Å². The summed E-state index contributed by atoms with van der Waals surface area (Å²) in [4.78, 5) is 12.4. The van der Waals surface area contributed by atoms with Crippen LogP contribution in [0.1, 0.15) is 42.1 Å². The van der Waals surface area contributed by atoms with E-state index in [1.807, 2.05) is 0 Å². The lowest BCUT2D eigenvalue weighted by Gasteiger charge is -2.10. The van der Waals surface area contributed by atoms with Gasteiger partial charge >= 0.3 is 7.47 Å². The Hall–Kier alpha value is -1.90. The fourth-order valence-corrected chi connectivity index (χ4v) is 2.72. The summed E-state index contributed by atoms with van der Waals surface area (Å²) in [5.74, 6) is 0.0724. The fourth-order valence-electron chi connectivity index (χ4n) is 2.36. The Bertz CT molecular complexity index is 762. The third kappa shape index (κ3) is 7.32. The van der Waals surface area contributed by atoms with Crippen LogP contribution in [0.25, 0.3) is 5.76 Å². The molecule has 0 spiro atoms. The molecule has 0 heterocycles. The Labute approximate surface area is 172 Å². The highest BCUT2D eigenvalue weighted by molar-refractivity contribution is 14.1. The highest BCUT2D eigenvalue weighted by Gasteiger charge is 2.21. The number of hydrogen-bond donors (Lipinski definition) is 0. The molecule has 7 heteroatoms. The van der Waals surface area contributed by atoms with Crippen molar-refractivity contribution in [2.75, 3.05) is 6.61 Å². The number of benzene rings is 2. The second-order valence-corrected chi connectivity index (χ2v) is 7.08. The van der Waals surface area contributed by atoms with Crippen LogP contribution in [0.2, 0.25) is 0 Å². The maximum absolute atomic E-state index is 12.8. The number of carbonyl (C=O) groups is 1. The zero-order valence-electron chi connectivity index (χ0n) is 15.0. The number of allylic oxidation sites excluding steroid dienone is 1. The van der Waals surface area contributed by atoms with Gasteiger partial charge in [0.1, 0.15) is 11.5 Å². The van der Waals surface area contributed by atoms with Gasteiger partial charge in [-0.1, -0.05) is 31.9 Å². The van der Waals surface area contributed by atoms with Gasteiger partial charge in [0, 0.05) is 20.8 Å². The van der Waals surface area contributed by atoms with Gasteiger partial charge in [0.05, 0.1) is 6.61 Å². The molecule has 0 fully saturated rings. The molecule has 3 nitrogen and oxygen atoms in total. The molecule has 0 amide bonds. The summed E-state index contributed by atoms with van der Waals surface area (Å²) in [5, 5.41) is 0. The van der Waals surface area contributed by atoms with Gasteiger partial charge < -0.3 is 9.39 Å². The molecule has 27 heavy (non-hydrogen) atoms. The zero-order chi connectivity index (χ0) is 19.6. The second-order valence-electron chi connectivity index (χ2n) is 5.84. The predicted molar refractivity (Wildman–Crippen MR) is 112 cm³/mol. The minimum atomic E-state index is -3.02. The van der Waals surface area contributed by atoms with Crippen molar-refractivity contribution in [3.05, 3.63) is 69.3 Å². The summed E-state index contributed by atoms with van der Waals surface area (Å²) in [7, 11) is -3.02. The summed E-state index contributed by atoms with van der Waals surface area (Å²) in [5.41, 5.74) is 0.789. The molecule has 0 aliphatic carbocycles. The maximum Gasteiger partial charge on any atom is 0.796 e. The first-order chi connectivity index (χ1) is 13.0. The van der Waals surface area contributed by atoms with E-state index in [1.54, 1.807) is 48.5 Å². The number of ketones is 1. The first-order valence-electron chi connectivity index (χ1n) is 8.69. The van der Waals surface area contributed by atoms with E-state index >= 15 is 0 Å². The minimum absolute atomic E-state index is 0.175. The monoisotopic (exact) mass is 484 g/mol. The summed E-state index contributed by atoms with van der Waals surface area (Å²) >= 11 is 2.13. The average Bonchev–Trinajstić information content (AvgIpc) is 2.65. The van der Waals surface area contributed by atoms with Crippen molar-refractivity contribution < 1.29 is 22.8 Å². The summed E-state index contributed by atoms with van der Waals surface area (Å²) in [6.07, 6.45) is 4.25. The van der Waals surface area contributed by atoms with E-state index < -0.39 is 13.3 Å². The van der Waals surface area contributed by atoms with E-state index in [0.29, 0.717) is 23.5 Å². The van der Waals surface area contributed by atoms with E-state index in [4.69, 9.17) is 4.74 Å². The third-order valence-electron chi connectivity index (χ3n) is 3.76. The lowest BCUT2D eigenvalue weighted by molar-refractivity contribution is 0.104. The van der Waals surface area contributed by atoms with Crippen LogP contribution in [-0.4, -0.2) is 19.9 Å². The Morgan fingerprint density at radius 2 is 1.67 bits per heavy atom. The standard InChI is InChI=1S/C20H20BF2IO3/c1-2-3-4-13-26-18-11-7-16(8-12-18)20(27-21(22)23)14-19(25)15-5-9-17(24)10-6-15/h5-12,14H,2-4,13H2,1H3/b20-14-. The van der Waals surface area contributed by atoms with Crippen LogP contribution in [0, 0.1) is 3.57 Å². The van der Waals surface area contributed by atoms with E-state index in [0.717, 1.165) is 28.9 Å². The first kappa shape index (κ1) is 21.4. The molecule has 0 saturated carbocycles. The van der Waals surface area contributed by atoms with Crippen molar-refractivity contribution in [3.8, 4) is 5.75 Å². The summed E-state index contributed by atoms with van der Waals surface area (Å²) in [6.45, 7) is 2.72. The zero-order valence-corrected chi connectivity index (χ0v) is 17.1. The maximum atomic E-state index is 12.8. The highest BCUT2D eigenvalue weighted by atomic mass is 127. The largest absolute Gasteiger partial charge is 0.796 e. The average molecular weight is 484 g/mol. The van der Waals surface area contributed by atoms with E-state index in [1.165, 1.54) is 0 Å². The molecule has 142 valence electrons. The molecule has 0 saturated heterocycles. The molecule has 0 aromatic heterocycles. The molecular weight excluding hydrogens is 464 g/mol. The number of ether oxygens (including phenoxy) is 1. The molecule has 0 N–H and O–H groups in total. The van der Waals surface area contributed by atoms with Gasteiger partial charge in [0.2, 0.25) is 0 Å². The Kier molecular flexibility index (Phi) is 8.77. The van der Waals surface area contributed by atoms with E-state index in [-0.39, 0.29) is 5.76 Å². The van der Waals surface area contributed by atoms with Gasteiger partial charge in [0.15, 0.2) is 5.78 Å². The van der Waals surface area contributed by atoms with Crippen molar-refractivity contribution >= 4 is 41.6 Å². The van der Waals surface area contributed by atoms with E-state index in [2.05, 4.69) is 34.2 Å². The van der Waals surface area contributed by atoms with Gasteiger partial charge in [-0.05, 0) is 65.4 Å². The molecule has 2 aromatic rings. The summed E-state index contributed by atoms with van der Waals surface area (Å²) < 4.78 is 36.7. The van der Waals surface area contributed by atoms with Gasteiger partial charge in [-0.3, -0.25) is 4.79 Å². The number of halogens is 3. The van der Waals surface area contributed by atoms with Crippen LogP contribution in [-0.2, 0) is 4.65 Å². The number of carbonyl (C=O) groups excluding carboxylic acids is 1. The van der Waals surface area contributed by atoms with Crippen LogP contribution >= 0.6 is 22.6 Å². The van der Waals surface area contributed by atoms with Crippen LogP contribution in [0.15, 0.2) is 54.6 Å². The quantitative estimate of drug-likeness (QED) is 0.103.